The molecule has 1 nitrogen and oxygen atoms in total. The van der Waals surface area contributed by atoms with E-state index in [1.807, 2.05) is 12.1 Å². The maximum absolute atomic E-state index is 12.1. The molecule has 0 spiro atoms. The van der Waals surface area contributed by atoms with Gasteiger partial charge in [-0.3, -0.25) is 5.11 Å². The smallest absolute Gasteiger partial charge is 0.179 e. The normalized spacial score (nSPS) is 14.5. The summed E-state index contributed by atoms with van der Waals surface area (Å²) in [5.41, 5.74) is 3.86. The van der Waals surface area contributed by atoms with Crippen molar-refractivity contribution in [1.29, 1.82) is 0 Å². The van der Waals surface area contributed by atoms with Crippen molar-refractivity contribution in [3.05, 3.63) is 28.8 Å². The van der Waals surface area contributed by atoms with Gasteiger partial charge in [-0.2, -0.15) is 0 Å². The fraction of sp³-hybridized carbons (Fsp3) is 0.667. The van der Waals surface area contributed by atoms with Crippen LogP contribution >= 0.6 is 0 Å². The lowest BCUT2D eigenvalue weighted by Gasteiger charge is -2.32. The maximum Gasteiger partial charge on any atom is 0.179 e. The highest BCUT2D eigenvalue weighted by Crippen LogP contribution is 2.41. The molecule has 1 unspecified atom stereocenters. The van der Waals surface area contributed by atoms with Crippen LogP contribution in [0.25, 0.3) is 0 Å². The van der Waals surface area contributed by atoms with Crippen LogP contribution in [0, 0.1) is 0 Å². The molecule has 1 aromatic rings. The topological polar surface area (TPSA) is 19.9 Å². The standard InChI is InChI=1S/C18H29O/c1-9-12(2)16-14(17(3,4)5)10-13(19)11-15(16)18(6,7)8/h10-12H,9H2,1-8H3. The largest absolute Gasteiger partial charge is 0.290 e. The van der Waals surface area contributed by atoms with Crippen LogP contribution in [0.2, 0.25) is 0 Å². The Bertz CT molecular complexity index is 409. The molecule has 1 aromatic carbocycles. The zero-order chi connectivity index (χ0) is 15.0. The van der Waals surface area contributed by atoms with Crippen molar-refractivity contribution in [2.75, 3.05) is 0 Å². The van der Waals surface area contributed by atoms with Gasteiger partial charge in [-0.25, -0.2) is 0 Å². The van der Waals surface area contributed by atoms with Crippen molar-refractivity contribution >= 4 is 0 Å². The number of hydrogen-bond donors (Lipinski definition) is 0. The van der Waals surface area contributed by atoms with Gasteiger partial charge in [-0.05, 0) is 52.0 Å². The van der Waals surface area contributed by atoms with Crippen molar-refractivity contribution in [2.24, 2.45) is 0 Å². The van der Waals surface area contributed by atoms with Gasteiger partial charge in [-0.1, -0.05) is 55.4 Å². The first kappa shape index (κ1) is 16.1. The van der Waals surface area contributed by atoms with E-state index in [4.69, 9.17) is 0 Å². The highest BCUT2D eigenvalue weighted by molar-refractivity contribution is 5.49. The van der Waals surface area contributed by atoms with Gasteiger partial charge in [0, 0.05) is 0 Å². The van der Waals surface area contributed by atoms with E-state index >= 15 is 0 Å². The molecule has 107 valence electrons. The third kappa shape index (κ3) is 3.52. The van der Waals surface area contributed by atoms with E-state index in [1.165, 1.54) is 16.7 Å². The van der Waals surface area contributed by atoms with Crippen LogP contribution in [0.1, 0.15) is 84.4 Å². The fourth-order valence-electron chi connectivity index (χ4n) is 2.60. The molecule has 0 fully saturated rings. The summed E-state index contributed by atoms with van der Waals surface area (Å²) in [4.78, 5) is 0. The average molecular weight is 261 g/mol. The van der Waals surface area contributed by atoms with Gasteiger partial charge < -0.3 is 0 Å². The number of hydrogen-bond acceptors (Lipinski definition) is 0. The first-order valence-electron chi connectivity index (χ1n) is 7.34. The van der Waals surface area contributed by atoms with Crippen LogP contribution in [-0.2, 0) is 15.9 Å². The molecule has 0 amide bonds. The summed E-state index contributed by atoms with van der Waals surface area (Å²) in [5.74, 6) is 0.631. The zero-order valence-electron chi connectivity index (χ0n) is 13.8. The Morgan fingerprint density at radius 1 is 0.947 bits per heavy atom. The van der Waals surface area contributed by atoms with Gasteiger partial charge in [0.25, 0.3) is 0 Å². The quantitative estimate of drug-likeness (QED) is 0.628. The van der Waals surface area contributed by atoms with E-state index in [2.05, 4.69) is 55.4 Å². The Labute approximate surface area is 119 Å². The minimum Gasteiger partial charge on any atom is -0.290 e. The molecule has 0 saturated carbocycles. The van der Waals surface area contributed by atoms with E-state index in [1.54, 1.807) is 0 Å². The van der Waals surface area contributed by atoms with E-state index < -0.39 is 0 Å². The second kappa shape index (κ2) is 5.19. The van der Waals surface area contributed by atoms with Crippen molar-refractivity contribution in [2.45, 2.75) is 78.6 Å². The fourth-order valence-corrected chi connectivity index (χ4v) is 2.60. The van der Waals surface area contributed by atoms with Crippen LogP contribution in [0.15, 0.2) is 12.1 Å². The Hall–Kier alpha value is -0.980. The summed E-state index contributed by atoms with van der Waals surface area (Å²) >= 11 is 0. The molecule has 19 heavy (non-hydrogen) atoms. The number of benzene rings is 1. The molecule has 0 bridgehead atoms. The minimum absolute atomic E-state index is 0.0131. The second-order valence-corrected chi connectivity index (χ2v) is 7.74. The molecule has 0 N–H and O–H groups in total. The van der Waals surface area contributed by atoms with Gasteiger partial charge in [0.1, 0.15) is 0 Å². The van der Waals surface area contributed by atoms with Gasteiger partial charge in [0.15, 0.2) is 5.75 Å². The summed E-state index contributed by atoms with van der Waals surface area (Å²) in [6.07, 6.45) is 1.10. The van der Waals surface area contributed by atoms with Crippen LogP contribution in [0.5, 0.6) is 5.75 Å². The van der Waals surface area contributed by atoms with Gasteiger partial charge in [0.05, 0.1) is 0 Å². The van der Waals surface area contributed by atoms with Crippen molar-refractivity contribution < 1.29 is 5.11 Å². The predicted octanol–water partition coefficient (Wildman–Crippen LogP) is 5.94. The molecule has 1 radical (unpaired) electrons. The third-order valence-electron chi connectivity index (χ3n) is 3.87. The molecule has 0 aromatic heterocycles. The first-order valence-corrected chi connectivity index (χ1v) is 7.34. The summed E-state index contributed by atoms with van der Waals surface area (Å²) in [6, 6.07) is 3.69. The first-order chi connectivity index (χ1) is 8.48. The third-order valence-corrected chi connectivity index (χ3v) is 3.87. The lowest BCUT2D eigenvalue weighted by Crippen LogP contribution is -2.22. The Morgan fingerprint density at radius 2 is 1.32 bits per heavy atom. The lowest BCUT2D eigenvalue weighted by molar-refractivity contribution is 0.350. The monoisotopic (exact) mass is 261 g/mol. The van der Waals surface area contributed by atoms with E-state index in [9.17, 15) is 5.11 Å². The van der Waals surface area contributed by atoms with Gasteiger partial charge >= 0.3 is 0 Å². The summed E-state index contributed by atoms with van der Waals surface area (Å²) < 4.78 is 0. The molecular weight excluding hydrogens is 232 g/mol. The molecule has 0 aliphatic rings. The Morgan fingerprint density at radius 3 is 1.58 bits per heavy atom. The second-order valence-electron chi connectivity index (χ2n) is 7.74. The molecule has 1 atom stereocenters. The van der Waals surface area contributed by atoms with Gasteiger partial charge in [-0.15, -0.1) is 0 Å². The van der Waals surface area contributed by atoms with Crippen molar-refractivity contribution in [1.82, 2.24) is 0 Å². The van der Waals surface area contributed by atoms with Crippen molar-refractivity contribution in [3.8, 4) is 5.75 Å². The summed E-state index contributed by atoms with van der Waals surface area (Å²) in [7, 11) is 0. The minimum atomic E-state index is 0.0131. The Kier molecular flexibility index (Phi) is 4.39. The molecule has 0 heterocycles. The van der Waals surface area contributed by atoms with E-state index in [-0.39, 0.29) is 16.6 Å². The van der Waals surface area contributed by atoms with Crippen molar-refractivity contribution in [3.63, 3.8) is 0 Å². The van der Waals surface area contributed by atoms with Gasteiger partial charge in [0.2, 0.25) is 0 Å². The SMILES string of the molecule is CCC(C)c1c(C(C)(C)C)cc([O])cc1C(C)(C)C. The molecule has 0 aliphatic carbocycles. The molecule has 0 saturated heterocycles. The Balaban J connectivity index is 3.69. The highest BCUT2D eigenvalue weighted by atomic mass is 16.3. The van der Waals surface area contributed by atoms with E-state index in [0.717, 1.165) is 6.42 Å². The molecule has 1 heteroatoms. The van der Waals surface area contributed by atoms with Crippen LogP contribution < -0.4 is 0 Å². The zero-order valence-corrected chi connectivity index (χ0v) is 13.8. The predicted molar refractivity (Wildman–Crippen MR) is 82.7 cm³/mol. The molecular formula is C18H29O. The van der Waals surface area contributed by atoms with Crippen LogP contribution in [0.4, 0.5) is 0 Å². The lowest BCUT2D eigenvalue weighted by atomic mass is 9.72. The average Bonchev–Trinajstić information content (AvgIpc) is 2.24. The van der Waals surface area contributed by atoms with Crippen LogP contribution in [-0.4, -0.2) is 0 Å². The highest BCUT2D eigenvalue weighted by Gasteiger charge is 2.28. The molecule has 1 rings (SSSR count). The summed E-state index contributed by atoms with van der Waals surface area (Å²) in [6.45, 7) is 17.7. The maximum atomic E-state index is 12.1. The number of rotatable bonds is 2. The van der Waals surface area contributed by atoms with E-state index in [0.29, 0.717) is 5.92 Å². The van der Waals surface area contributed by atoms with Crippen LogP contribution in [0.3, 0.4) is 0 Å². The molecule has 0 aliphatic heterocycles. The summed E-state index contributed by atoms with van der Waals surface area (Å²) in [5, 5.41) is 12.1.